The van der Waals surface area contributed by atoms with E-state index >= 15 is 0 Å². The van der Waals surface area contributed by atoms with Crippen LogP contribution in [0.2, 0.25) is 0 Å². The molecule has 1 unspecified atom stereocenters. The molecule has 1 amide bonds. The van der Waals surface area contributed by atoms with E-state index in [0.717, 1.165) is 11.3 Å². The summed E-state index contributed by atoms with van der Waals surface area (Å²) in [4.78, 5) is 23.0. The molecule has 1 N–H and O–H groups in total. The van der Waals surface area contributed by atoms with Crippen molar-refractivity contribution in [3.63, 3.8) is 0 Å². The Hall–Kier alpha value is -1.84. The normalized spacial score (nSPS) is 16.8. The molecule has 1 aromatic rings. The van der Waals surface area contributed by atoms with Crippen LogP contribution < -0.4 is 5.32 Å². The van der Waals surface area contributed by atoms with Gasteiger partial charge in [0, 0.05) is 12.6 Å². The smallest absolute Gasteiger partial charge is 0.310 e. The number of hydrogen-bond donors (Lipinski definition) is 1. The summed E-state index contributed by atoms with van der Waals surface area (Å²) in [5, 5.41) is 2.71. The van der Waals surface area contributed by atoms with Crippen molar-refractivity contribution in [2.24, 2.45) is 5.92 Å². The third-order valence-electron chi connectivity index (χ3n) is 4.25. The number of rotatable bonds is 5. The van der Waals surface area contributed by atoms with Gasteiger partial charge in [-0.25, -0.2) is 0 Å². The number of ether oxygens (including phenoxy) is 1. The SMILES string of the molecule is CC(=O)Nc1ccc(CC(=O)OC(C)C2CCCCC2)cc1. The van der Waals surface area contributed by atoms with Gasteiger partial charge in [-0.2, -0.15) is 0 Å². The van der Waals surface area contributed by atoms with E-state index in [2.05, 4.69) is 5.32 Å². The van der Waals surface area contributed by atoms with E-state index in [1.54, 1.807) is 12.1 Å². The third-order valence-corrected chi connectivity index (χ3v) is 4.25. The molecule has 0 heterocycles. The van der Waals surface area contributed by atoms with Crippen molar-refractivity contribution in [1.82, 2.24) is 0 Å². The first-order chi connectivity index (χ1) is 10.5. The fourth-order valence-corrected chi connectivity index (χ4v) is 3.02. The highest BCUT2D eigenvalue weighted by atomic mass is 16.5. The van der Waals surface area contributed by atoms with Gasteiger partial charge in [0.2, 0.25) is 5.91 Å². The number of nitrogens with one attached hydrogen (secondary N) is 1. The van der Waals surface area contributed by atoms with Crippen molar-refractivity contribution >= 4 is 17.6 Å². The summed E-state index contributed by atoms with van der Waals surface area (Å²) in [6.07, 6.45) is 6.41. The minimum absolute atomic E-state index is 0.00597. The standard InChI is InChI=1S/C18H25NO3/c1-13(16-6-4-3-5-7-16)22-18(21)12-15-8-10-17(11-9-15)19-14(2)20/h8-11,13,16H,3-7,12H2,1-2H3,(H,19,20). The van der Waals surface area contributed by atoms with Crippen LogP contribution in [0.15, 0.2) is 24.3 Å². The van der Waals surface area contributed by atoms with Crippen LogP contribution >= 0.6 is 0 Å². The summed E-state index contributed by atoms with van der Waals surface area (Å²) < 4.78 is 5.58. The van der Waals surface area contributed by atoms with Crippen LogP contribution in [0.3, 0.4) is 0 Å². The van der Waals surface area contributed by atoms with Gasteiger partial charge in [0.05, 0.1) is 6.42 Å². The number of esters is 1. The van der Waals surface area contributed by atoms with E-state index < -0.39 is 0 Å². The molecule has 120 valence electrons. The Bertz CT molecular complexity index is 504. The second kappa shape index (κ2) is 7.97. The number of hydrogen-bond acceptors (Lipinski definition) is 3. The van der Waals surface area contributed by atoms with E-state index in [0.29, 0.717) is 5.92 Å². The van der Waals surface area contributed by atoms with Crippen LogP contribution in [0.4, 0.5) is 5.69 Å². The fraction of sp³-hybridized carbons (Fsp3) is 0.556. The lowest BCUT2D eigenvalue weighted by atomic mass is 9.86. The maximum absolute atomic E-state index is 12.0. The molecule has 1 aliphatic rings. The average molecular weight is 303 g/mol. The molecule has 0 aliphatic heterocycles. The highest BCUT2D eigenvalue weighted by Crippen LogP contribution is 2.28. The maximum atomic E-state index is 12.0. The number of carbonyl (C=O) groups excluding carboxylic acids is 2. The van der Waals surface area contributed by atoms with Gasteiger partial charge in [0.1, 0.15) is 6.10 Å². The predicted octanol–water partition coefficient (Wildman–Crippen LogP) is 3.70. The largest absolute Gasteiger partial charge is 0.462 e. The quantitative estimate of drug-likeness (QED) is 0.844. The molecule has 1 fully saturated rings. The van der Waals surface area contributed by atoms with Crippen LogP contribution in [-0.4, -0.2) is 18.0 Å². The van der Waals surface area contributed by atoms with E-state index in [-0.39, 0.29) is 24.4 Å². The molecule has 4 nitrogen and oxygen atoms in total. The van der Waals surface area contributed by atoms with Gasteiger partial charge in [-0.3, -0.25) is 9.59 Å². The lowest BCUT2D eigenvalue weighted by Gasteiger charge is -2.27. The van der Waals surface area contributed by atoms with E-state index in [1.165, 1.54) is 39.0 Å². The highest BCUT2D eigenvalue weighted by Gasteiger charge is 2.23. The second-order valence-corrected chi connectivity index (χ2v) is 6.15. The fourth-order valence-electron chi connectivity index (χ4n) is 3.02. The molecule has 1 saturated carbocycles. The minimum atomic E-state index is -0.176. The molecule has 22 heavy (non-hydrogen) atoms. The Labute approximate surface area is 132 Å². The first-order valence-corrected chi connectivity index (χ1v) is 8.10. The minimum Gasteiger partial charge on any atom is -0.462 e. The van der Waals surface area contributed by atoms with Gasteiger partial charge < -0.3 is 10.1 Å². The van der Waals surface area contributed by atoms with Crippen LogP contribution in [0.1, 0.15) is 51.5 Å². The zero-order chi connectivity index (χ0) is 15.9. The molecular formula is C18H25NO3. The number of amides is 1. The summed E-state index contributed by atoms with van der Waals surface area (Å²) in [5.74, 6) is 0.235. The molecule has 0 bridgehead atoms. The van der Waals surface area contributed by atoms with E-state index in [4.69, 9.17) is 4.74 Å². The van der Waals surface area contributed by atoms with Gasteiger partial charge >= 0.3 is 5.97 Å². The molecule has 4 heteroatoms. The summed E-state index contributed by atoms with van der Waals surface area (Å²) in [6.45, 7) is 3.48. The summed E-state index contributed by atoms with van der Waals surface area (Å²) in [6, 6.07) is 7.29. The molecule has 1 atom stereocenters. The zero-order valence-electron chi connectivity index (χ0n) is 13.4. The molecule has 0 radical (unpaired) electrons. The first-order valence-electron chi connectivity index (χ1n) is 8.10. The van der Waals surface area contributed by atoms with Crippen molar-refractivity contribution in [1.29, 1.82) is 0 Å². The van der Waals surface area contributed by atoms with Gasteiger partial charge in [0.15, 0.2) is 0 Å². The highest BCUT2D eigenvalue weighted by molar-refractivity contribution is 5.88. The summed E-state index contributed by atoms with van der Waals surface area (Å²) in [5.41, 5.74) is 1.63. The van der Waals surface area contributed by atoms with Gasteiger partial charge in [0.25, 0.3) is 0 Å². The Morgan fingerprint density at radius 2 is 1.82 bits per heavy atom. The molecule has 2 rings (SSSR count). The molecule has 0 aromatic heterocycles. The summed E-state index contributed by atoms with van der Waals surface area (Å²) in [7, 11) is 0. The average Bonchev–Trinajstić information content (AvgIpc) is 2.49. The third kappa shape index (κ3) is 5.17. The van der Waals surface area contributed by atoms with Crippen molar-refractivity contribution in [3.05, 3.63) is 29.8 Å². The molecule has 1 aromatic carbocycles. The predicted molar refractivity (Wildman–Crippen MR) is 86.6 cm³/mol. The Kier molecular flexibility index (Phi) is 5.99. The van der Waals surface area contributed by atoms with Crippen LogP contribution in [0.5, 0.6) is 0 Å². The van der Waals surface area contributed by atoms with E-state index in [1.807, 2.05) is 19.1 Å². The van der Waals surface area contributed by atoms with Gasteiger partial charge in [-0.1, -0.05) is 31.4 Å². The molecular weight excluding hydrogens is 278 g/mol. The molecule has 0 spiro atoms. The first kappa shape index (κ1) is 16.5. The Balaban J connectivity index is 1.82. The lowest BCUT2D eigenvalue weighted by molar-refractivity contribution is -0.150. The van der Waals surface area contributed by atoms with Crippen molar-refractivity contribution in [2.45, 2.75) is 58.5 Å². The van der Waals surface area contributed by atoms with Crippen molar-refractivity contribution < 1.29 is 14.3 Å². The maximum Gasteiger partial charge on any atom is 0.310 e. The second-order valence-electron chi connectivity index (χ2n) is 6.15. The Morgan fingerprint density at radius 3 is 2.41 bits per heavy atom. The van der Waals surface area contributed by atoms with Crippen LogP contribution in [0, 0.1) is 5.92 Å². The summed E-state index contributed by atoms with van der Waals surface area (Å²) >= 11 is 0. The van der Waals surface area contributed by atoms with Gasteiger partial charge in [-0.05, 0) is 43.4 Å². The van der Waals surface area contributed by atoms with Gasteiger partial charge in [-0.15, -0.1) is 0 Å². The number of benzene rings is 1. The monoisotopic (exact) mass is 303 g/mol. The lowest BCUT2D eigenvalue weighted by Crippen LogP contribution is -2.26. The van der Waals surface area contributed by atoms with Crippen molar-refractivity contribution in [2.75, 3.05) is 5.32 Å². The number of anilines is 1. The van der Waals surface area contributed by atoms with E-state index in [9.17, 15) is 9.59 Å². The molecule has 0 saturated heterocycles. The Morgan fingerprint density at radius 1 is 1.18 bits per heavy atom. The van der Waals surface area contributed by atoms with Crippen LogP contribution in [-0.2, 0) is 20.7 Å². The molecule has 1 aliphatic carbocycles. The van der Waals surface area contributed by atoms with Crippen LogP contribution in [0.25, 0.3) is 0 Å². The number of carbonyl (C=O) groups is 2. The zero-order valence-corrected chi connectivity index (χ0v) is 13.4. The topological polar surface area (TPSA) is 55.4 Å². The van der Waals surface area contributed by atoms with Crippen molar-refractivity contribution in [3.8, 4) is 0 Å².